The third kappa shape index (κ3) is 2.75. The number of hydrogen-bond donors (Lipinski definition) is 1. The minimum Gasteiger partial charge on any atom is -0.379 e. The molecule has 1 saturated carbocycles. The van der Waals surface area contributed by atoms with Crippen LogP contribution in [0.25, 0.3) is 0 Å². The average molecular weight is 283 g/mol. The van der Waals surface area contributed by atoms with Crippen LogP contribution in [0, 0.1) is 0 Å². The van der Waals surface area contributed by atoms with Gasteiger partial charge in [-0.25, -0.2) is 0 Å². The zero-order valence-electron chi connectivity index (χ0n) is 13.7. The topological polar surface area (TPSA) is 12.0 Å². The fourth-order valence-corrected chi connectivity index (χ4v) is 4.43. The van der Waals surface area contributed by atoms with Gasteiger partial charge in [-0.15, -0.1) is 6.58 Å². The third-order valence-corrected chi connectivity index (χ3v) is 5.51. The van der Waals surface area contributed by atoms with E-state index in [0.29, 0.717) is 11.5 Å². The summed E-state index contributed by atoms with van der Waals surface area (Å²) < 4.78 is 0. The smallest absolute Gasteiger partial charge is 0.0415 e. The zero-order valence-corrected chi connectivity index (χ0v) is 13.7. The van der Waals surface area contributed by atoms with Gasteiger partial charge in [0.05, 0.1) is 0 Å². The van der Waals surface area contributed by atoms with Crippen LogP contribution in [0.3, 0.4) is 0 Å². The highest BCUT2D eigenvalue weighted by Gasteiger charge is 2.38. The summed E-state index contributed by atoms with van der Waals surface area (Å²) in [6.07, 6.45) is 12.3. The maximum absolute atomic E-state index is 4.00. The lowest BCUT2D eigenvalue weighted by atomic mass is 9.71. The maximum atomic E-state index is 4.00. The molecule has 1 heterocycles. The second kappa shape index (κ2) is 5.87. The van der Waals surface area contributed by atoms with E-state index >= 15 is 0 Å². The van der Waals surface area contributed by atoms with Crippen LogP contribution in [0.5, 0.6) is 0 Å². The highest BCUT2D eigenvalue weighted by atomic mass is 15.0. The fourth-order valence-electron chi connectivity index (χ4n) is 4.43. The standard InChI is InChI=1S/C20H29N/c1-4-9-17-12-16(5-2)13-18-15(3)14-20(21-19(17)18)10-7-6-8-11-20/h4,12-13,15,21H,1,5-11,14H2,2-3H3. The largest absolute Gasteiger partial charge is 0.379 e. The van der Waals surface area contributed by atoms with Gasteiger partial charge in [-0.05, 0) is 54.7 Å². The van der Waals surface area contributed by atoms with Crippen molar-refractivity contribution in [2.45, 2.75) is 76.7 Å². The monoisotopic (exact) mass is 283 g/mol. The Hall–Kier alpha value is -1.24. The summed E-state index contributed by atoms with van der Waals surface area (Å²) in [5.41, 5.74) is 6.28. The molecule has 1 nitrogen and oxygen atoms in total. The van der Waals surface area contributed by atoms with Crippen molar-refractivity contribution in [3.8, 4) is 0 Å². The highest BCUT2D eigenvalue weighted by molar-refractivity contribution is 5.64. The van der Waals surface area contributed by atoms with Gasteiger partial charge in [0, 0.05) is 11.2 Å². The van der Waals surface area contributed by atoms with Crippen LogP contribution in [0.1, 0.15) is 75.0 Å². The highest BCUT2D eigenvalue weighted by Crippen LogP contribution is 2.47. The Bertz CT molecular complexity index is 523. The van der Waals surface area contributed by atoms with Crippen molar-refractivity contribution in [2.75, 3.05) is 5.32 Å². The van der Waals surface area contributed by atoms with Gasteiger partial charge in [-0.3, -0.25) is 0 Å². The number of fused-ring (bicyclic) bond motifs is 1. The normalized spacial score (nSPS) is 23.4. The second-order valence-corrected chi connectivity index (χ2v) is 7.14. The van der Waals surface area contributed by atoms with Crippen molar-refractivity contribution >= 4 is 5.69 Å². The van der Waals surface area contributed by atoms with E-state index in [1.54, 1.807) is 5.56 Å². The molecular weight excluding hydrogens is 254 g/mol. The van der Waals surface area contributed by atoms with Crippen LogP contribution >= 0.6 is 0 Å². The molecule has 1 atom stereocenters. The lowest BCUT2D eigenvalue weighted by Crippen LogP contribution is -2.44. The van der Waals surface area contributed by atoms with E-state index in [0.717, 1.165) is 12.8 Å². The lowest BCUT2D eigenvalue weighted by Gasteiger charge is -2.46. The van der Waals surface area contributed by atoms with E-state index in [4.69, 9.17) is 0 Å². The molecule has 114 valence electrons. The Labute approximate surface area is 129 Å². The predicted octanol–water partition coefficient (Wildman–Crippen LogP) is 5.60. The van der Waals surface area contributed by atoms with Crippen LogP contribution in [0.4, 0.5) is 5.69 Å². The Balaban J connectivity index is 2.03. The molecule has 3 rings (SSSR count). The quantitative estimate of drug-likeness (QED) is 0.712. The zero-order chi connectivity index (χ0) is 14.9. The van der Waals surface area contributed by atoms with Crippen LogP contribution in [0.2, 0.25) is 0 Å². The molecule has 1 fully saturated rings. The summed E-state index contributed by atoms with van der Waals surface area (Å²) in [5.74, 6) is 0.675. The molecular formula is C20H29N. The molecule has 1 N–H and O–H groups in total. The van der Waals surface area contributed by atoms with E-state index in [1.165, 1.54) is 55.3 Å². The molecule has 1 aromatic carbocycles. The van der Waals surface area contributed by atoms with Gasteiger partial charge in [-0.2, -0.15) is 0 Å². The fraction of sp³-hybridized carbons (Fsp3) is 0.600. The van der Waals surface area contributed by atoms with E-state index in [9.17, 15) is 0 Å². The van der Waals surface area contributed by atoms with E-state index in [2.05, 4.69) is 37.9 Å². The molecule has 0 aromatic heterocycles. The first-order valence-corrected chi connectivity index (χ1v) is 8.72. The van der Waals surface area contributed by atoms with Gasteiger partial charge in [0.1, 0.15) is 0 Å². The van der Waals surface area contributed by atoms with Gasteiger partial charge in [0.2, 0.25) is 0 Å². The van der Waals surface area contributed by atoms with Crippen molar-refractivity contribution in [3.63, 3.8) is 0 Å². The lowest BCUT2D eigenvalue weighted by molar-refractivity contribution is 0.281. The molecule has 1 aliphatic carbocycles. The van der Waals surface area contributed by atoms with Gasteiger partial charge >= 0.3 is 0 Å². The number of rotatable bonds is 3. The van der Waals surface area contributed by atoms with Crippen LogP contribution < -0.4 is 5.32 Å². The first-order valence-electron chi connectivity index (χ1n) is 8.72. The van der Waals surface area contributed by atoms with Gasteiger partial charge < -0.3 is 5.32 Å². The second-order valence-electron chi connectivity index (χ2n) is 7.14. The molecule has 1 aromatic rings. The Morgan fingerprint density at radius 1 is 1.29 bits per heavy atom. The van der Waals surface area contributed by atoms with Crippen LogP contribution in [-0.4, -0.2) is 5.54 Å². The molecule has 0 bridgehead atoms. The minimum atomic E-state index is 0.369. The molecule has 0 amide bonds. The summed E-state index contributed by atoms with van der Waals surface area (Å²) in [7, 11) is 0. The number of hydrogen-bond acceptors (Lipinski definition) is 1. The molecule has 1 spiro atoms. The van der Waals surface area contributed by atoms with Gasteiger partial charge in [-0.1, -0.05) is 51.3 Å². The van der Waals surface area contributed by atoms with Gasteiger partial charge in [0.25, 0.3) is 0 Å². The SMILES string of the molecule is C=CCc1cc(CC)cc2c1NC1(CCCCC1)CC2C. The van der Waals surface area contributed by atoms with Crippen molar-refractivity contribution in [3.05, 3.63) is 41.5 Å². The average Bonchev–Trinajstić information content (AvgIpc) is 2.49. The Kier molecular flexibility index (Phi) is 4.10. The molecule has 1 unspecified atom stereocenters. The van der Waals surface area contributed by atoms with E-state index in [1.807, 2.05) is 6.08 Å². The van der Waals surface area contributed by atoms with Crippen molar-refractivity contribution < 1.29 is 0 Å². The first-order chi connectivity index (χ1) is 10.2. The van der Waals surface area contributed by atoms with E-state index in [-0.39, 0.29) is 0 Å². The predicted molar refractivity (Wildman–Crippen MR) is 92.2 cm³/mol. The molecule has 2 aliphatic rings. The van der Waals surface area contributed by atoms with Crippen LogP contribution in [0.15, 0.2) is 24.8 Å². The van der Waals surface area contributed by atoms with Crippen molar-refractivity contribution in [1.82, 2.24) is 0 Å². The molecule has 1 aliphatic heterocycles. The maximum Gasteiger partial charge on any atom is 0.0415 e. The Morgan fingerprint density at radius 3 is 2.71 bits per heavy atom. The van der Waals surface area contributed by atoms with Crippen LogP contribution in [-0.2, 0) is 12.8 Å². The number of aryl methyl sites for hydroxylation is 1. The summed E-state index contributed by atoms with van der Waals surface area (Å²) in [6, 6.07) is 4.83. The third-order valence-electron chi connectivity index (χ3n) is 5.51. The van der Waals surface area contributed by atoms with Gasteiger partial charge in [0.15, 0.2) is 0 Å². The Morgan fingerprint density at radius 2 is 2.05 bits per heavy atom. The summed E-state index contributed by atoms with van der Waals surface area (Å²) in [5, 5.41) is 4.00. The number of allylic oxidation sites excluding steroid dienone is 1. The summed E-state index contributed by atoms with van der Waals surface area (Å²) in [4.78, 5) is 0. The van der Waals surface area contributed by atoms with Crippen molar-refractivity contribution in [2.24, 2.45) is 0 Å². The number of anilines is 1. The minimum absolute atomic E-state index is 0.369. The number of benzene rings is 1. The summed E-state index contributed by atoms with van der Waals surface area (Å²) >= 11 is 0. The molecule has 21 heavy (non-hydrogen) atoms. The van der Waals surface area contributed by atoms with E-state index < -0.39 is 0 Å². The molecule has 1 heteroatoms. The van der Waals surface area contributed by atoms with Crippen molar-refractivity contribution in [1.29, 1.82) is 0 Å². The molecule has 0 radical (unpaired) electrons. The number of nitrogens with one attached hydrogen (secondary N) is 1. The molecule has 0 saturated heterocycles. The first kappa shape index (κ1) is 14.7. The summed E-state index contributed by atoms with van der Waals surface area (Å²) in [6.45, 7) is 8.63.